The molecule has 0 aromatic heterocycles. The highest BCUT2D eigenvalue weighted by Gasteiger charge is 2.26. The van der Waals surface area contributed by atoms with Gasteiger partial charge in [-0.15, -0.1) is 0 Å². The van der Waals surface area contributed by atoms with Crippen LogP contribution in [0.4, 0.5) is 4.39 Å². The van der Waals surface area contributed by atoms with Crippen LogP contribution in [0, 0.1) is 11.7 Å². The highest BCUT2D eigenvalue weighted by molar-refractivity contribution is 6.30. The highest BCUT2D eigenvalue weighted by Crippen LogP contribution is 2.28. The first-order chi connectivity index (χ1) is 8.11. The van der Waals surface area contributed by atoms with Gasteiger partial charge in [-0.25, -0.2) is 4.39 Å². The Morgan fingerprint density at radius 2 is 2.35 bits per heavy atom. The van der Waals surface area contributed by atoms with Crippen molar-refractivity contribution in [3.05, 3.63) is 34.6 Å². The Hall–Kier alpha value is -0.640. The molecule has 0 saturated carbocycles. The van der Waals surface area contributed by atoms with Crippen molar-refractivity contribution in [3.8, 4) is 0 Å². The smallest absolute Gasteiger partial charge is 0.141 e. The van der Waals surface area contributed by atoms with Crippen LogP contribution in [0.2, 0.25) is 5.02 Å². The van der Waals surface area contributed by atoms with E-state index in [1.807, 2.05) is 0 Å². The van der Waals surface area contributed by atoms with Gasteiger partial charge >= 0.3 is 0 Å². The molecule has 2 N–H and O–H groups in total. The summed E-state index contributed by atoms with van der Waals surface area (Å²) >= 11 is 5.82. The third kappa shape index (κ3) is 2.79. The fourth-order valence-electron chi connectivity index (χ4n) is 2.47. The van der Waals surface area contributed by atoms with Crippen LogP contribution >= 0.6 is 11.6 Å². The third-order valence-corrected chi connectivity index (χ3v) is 3.74. The molecule has 1 heterocycles. The molecule has 2 rings (SSSR count). The lowest BCUT2D eigenvalue weighted by atomic mass is 10.1. The molecule has 0 bridgehead atoms. The molecule has 1 saturated heterocycles. The van der Waals surface area contributed by atoms with Crippen LogP contribution in [0.25, 0.3) is 0 Å². The van der Waals surface area contributed by atoms with Crippen LogP contribution in [0.15, 0.2) is 18.2 Å². The first-order valence-corrected chi connectivity index (χ1v) is 6.38. The molecule has 0 aliphatic carbocycles. The SMILES string of the molecule is CC1CCN(C(CN)c2ccc(F)c(Cl)c2)C1. The number of rotatable bonds is 3. The van der Waals surface area contributed by atoms with E-state index >= 15 is 0 Å². The van der Waals surface area contributed by atoms with E-state index in [4.69, 9.17) is 17.3 Å². The van der Waals surface area contributed by atoms with Gasteiger partial charge in [0, 0.05) is 19.1 Å². The number of halogens is 2. The summed E-state index contributed by atoms with van der Waals surface area (Å²) in [7, 11) is 0. The van der Waals surface area contributed by atoms with Gasteiger partial charge in [-0.3, -0.25) is 4.90 Å². The first-order valence-electron chi connectivity index (χ1n) is 6.01. The van der Waals surface area contributed by atoms with Crippen molar-refractivity contribution < 1.29 is 4.39 Å². The van der Waals surface area contributed by atoms with Gasteiger partial charge in [0.25, 0.3) is 0 Å². The summed E-state index contributed by atoms with van der Waals surface area (Å²) in [5.41, 5.74) is 6.85. The Morgan fingerprint density at radius 3 is 2.88 bits per heavy atom. The molecule has 1 aromatic carbocycles. The molecule has 17 heavy (non-hydrogen) atoms. The summed E-state index contributed by atoms with van der Waals surface area (Å²) in [4.78, 5) is 2.36. The largest absolute Gasteiger partial charge is 0.329 e. The summed E-state index contributed by atoms with van der Waals surface area (Å²) < 4.78 is 13.1. The zero-order valence-electron chi connectivity index (χ0n) is 10.00. The minimum atomic E-state index is -0.374. The van der Waals surface area contributed by atoms with E-state index in [-0.39, 0.29) is 16.9 Å². The molecule has 0 spiro atoms. The standard InChI is InChI=1S/C13H18ClFN2/c1-9-4-5-17(8-9)13(7-16)10-2-3-12(15)11(14)6-10/h2-3,6,9,13H,4-5,7-8,16H2,1H3. The Balaban J connectivity index is 2.20. The summed E-state index contributed by atoms with van der Waals surface area (Å²) in [5, 5.41) is 0.174. The number of hydrogen-bond acceptors (Lipinski definition) is 2. The van der Waals surface area contributed by atoms with Gasteiger partial charge in [0.1, 0.15) is 5.82 Å². The summed E-state index contributed by atoms with van der Waals surface area (Å²) in [6.07, 6.45) is 1.20. The number of nitrogens with two attached hydrogens (primary N) is 1. The van der Waals surface area contributed by atoms with Crippen molar-refractivity contribution in [2.75, 3.05) is 19.6 Å². The Bertz CT molecular complexity index is 397. The maximum atomic E-state index is 13.1. The molecule has 2 atom stereocenters. The minimum Gasteiger partial charge on any atom is -0.329 e. The first kappa shape index (κ1) is 12.8. The van der Waals surface area contributed by atoms with Crippen molar-refractivity contribution in [3.63, 3.8) is 0 Å². The van der Waals surface area contributed by atoms with Crippen LogP contribution < -0.4 is 5.73 Å². The molecule has 2 nitrogen and oxygen atoms in total. The van der Waals surface area contributed by atoms with Gasteiger partial charge < -0.3 is 5.73 Å². The average molecular weight is 257 g/mol. The van der Waals surface area contributed by atoms with Crippen LogP contribution in [-0.2, 0) is 0 Å². The van der Waals surface area contributed by atoms with E-state index in [1.165, 1.54) is 12.5 Å². The molecule has 0 amide bonds. The molecule has 4 heteroatoms. The third-order valence-electron chi connectivity index (χ3n) is 3.45. The van der Waals surface area contributed by atoms with Gasteiger partial charge in [-0.05, 0) is 36.6 Å². The molecule has 94 valence electrons. The van der Waals surface area contributed by atoms with E-state index in [0.29, 0.717) is 12.5 Å². The molecule has 2 unspecified atom stereocenters. The number of nitrogens with zero attached hydrogens (tertiary/aromatic N) is 1. The van der Waals surface area contributed by atoms with Crippen LogP contribution in [0.5, 0.6) is 0 Å². The summed E-state index contributed by atoms with van der Waals surface area (Å²) in [6, 6.07) is 5.04. The lowest BCUT2D eigenvalue weighted by Crippen LogP contribution is -2.32. The lowest BCUT2D eigenvalue weighted by Gasteiger charge is -2.27. The predicted octanol–water partition coefficient (Wildman–Crippen LogP) is 2.82. The minimum absolute atomic E-state index is 0.151. The number of hydrogen-bond donors (Lipinski definition) is 1. The van der Waals surface area contributed by atoms with Crippen molar-refractivity contribution in [2.45, 2.75) is 19.4 Å². The predicted molar refractivity (Wildman–Crippen MR) is 68.6 cm³/mol. The zero-order chi connectivity index (χ0) is 12.4. The summed E-state index contributed by atoms with van der Waals surface area (Å²) in [5.74, 6) is 0.334. The second kappa shape index (κ2) is 5.34. The van der Waals surface area contributed by atoms with Crippen LogP contribution in [0.3, 0.4) is 0 Å². The molecular weight excluding hydrogens is 239 g/mol. The molecule has 1 aliphatic rings. The van der Waals surface area contributed by atoms with E-state index in [1.54, 1.807) is 12.1 Å². The highest BCUT2D eigenvalue weighted by atomic mass is 35.5. The van der Waals surface area contributed by atoms with Gasteiger partial charge in [0.2, 0.25) is 0 Å². The van der Waals surface area contributed by atoms with E-state index < -0.39 is 0 Å². The monoisotopic (exact) mass is 256 g/mol. The van der Waals surface area contributed by atoms with E-state index in [9.17, 15) is 4.39 Å². The Morgan fingerprint density at radius 1 is 1.59 bits per heavy atom. The summed E-state index contributed by atoms with van der Waals surface area (Å²) in [6.45, 7) is 4.88. The quantitative estimate of drug-likeness (QED) is 0.901. The van der Waals surface area contributed by atoms with E-state index in [0.717, 1.165) is 18.7 Å². The molecule has 1 aliphatic heterocycles. The van der Waals surface area contributed by atoms with Gasteiger partial charge in [-0.2, -0.15) is 0 Å². The molecule has 0 radical (unpaired) electrons. The topological polar surface area (TPSA) is 29.3 Å². The average Bonchev–Trinajstić information content (AvgIpc) is 2.71. The van der Waals surface area contributed by atoms with Crippen molar-refractivity contribution >= 4 is 11.6 Å². The second-order valence-electron chi connectivity index (χ2n) is 4.81. The zero-order valence-corrected chi connectivity index (χ0v) is 10.8. The van der Waals surface area contributed by atoms with E-state index in [2.05, 4.69) is 11.8 Å². The van der Waals surface area contributed by atoms with Crippen LogP contribution in [-0.4, -0.2) is 24.5 Å². The number of benzene rings is 1. The fraction of sp³-hybridized carbons (Fsp3) is 0.538. The van der Waals surface area contributed by atoms with Crippen molar-refractivity contribution in [1.29, 1.82) is 0 Å². The van der Waals surface area contributed by atoms with Gasteiger partial charge in [0.05, 0.1) is 5.02 Å². The van der Waals surface area contributed by atoms with Crippen molar-refractivity contribution in [2.24, 2.45) is 11.7 Å². The maximum Gasteiger partial charge on any atom is 0.141 e. The molecule has 1 fully saturated rings. The second-order valence-corrected chi connectivity index (χ2v) is 5.22. The molecular formula is C13H18ClFN2. The van der Waals surface area contributed by atoms with Crippen LogP contribution in [0.1, 0.15) is 24.9 Å². The fourth-order valence-corrected chi connectivity index (χ4v) is 2.66. The van der Waals surface area contributed by atoms with Crippen molar-refractivity contribution in [1.82, 2.24) is 4.90 Å². The van der Waals surface area contributed by atoms with Gasteiger partial charge in [0.15, 0.2) is 0 Å². The number of likely N-dealkylation sites (tertiary alicyclic amines) is 1. The molecule has 1 aromatic rings. The normalized spacial score (nSPS) is 22.9. The van der Waals surface area contributed by atoms with Gasteiger partial charge in [-0.1, -0.05) is 24.6 Å². The lowest BCUT2D eigenvalue weighted by molar-refractivity contribution is 0.243. The Kier molecular flexibility index (Phi) is 4.02. The maximum absolute atomic E-state index is 13.1. The Labute approximate surface area is 107 Å².